The number of benzene rings is 3. The molecule has 0 saturated carbocycles. The van der Waals surface area contributed by atoms with Crippen molar-refractivity contribution in [2.24, 2.45) is 0 Å². The quantitative estimate of drug-likeness (QED) is 0.169. The van der Waals surface area contributed by atoms with Crippen molar-refractivity contribution in [3.63, 3.8) is 0 Å². The highest BCUT2D eigenvalue weighted by molar-refractivity contribution is 7.89. The molecule has 47 heavy (non-hydrogen) atoms. The highest BCUT2D eigenvalue weighted by atomic mass is 32.2. The zero-order chi connectivity index (χ0) is 34.3. The average Bonchev–Trinajstić information content (AvgIpc) is 3.02. The minimum atomic E-state index is -4.97. The molecule has 5 N–H and O–H groups in total. The molecule has 1 unspecified atom stereocenters. The summed E-state index contributed by atoms with van der Waals surface area (Å²) in [6, 6.07) is 15.4. The number of alkyl halides is 3. The Hall–Kier alpha value is -4.12. The maximum absolute atomic E-state index is 14.3. The number of carboxylic acid groups (broad SMARTS) is 1. The number of nitrogens with zero attached hydrogens (tertiary/aromatic N) is 2. The van der Waals surface area contributed by atoms with Crippen molar-refractivity contribution < 1.29 is 51.9 Å². The van der Waals surface area contributed by atoms with Gasteiger partial charge in [-0.25, -0.2) is 13.2 Å². The van der Waals surface area contributed by atoms with E-state index >= 15 is 0 Å². The number of hydrogen-bond donors (Lipinski definition) is 5. The van der Waals surface area contributed by atoms with Crippen LogP contribution >= 0.6 is 0 Å². The van der Waals surface area contributed by atoms with Crippen LogP contribution in [0.3, 0.4) is 0 Å². The summed E-state index contributed by atoms with van der Waals surface area (Å²) < 4.78 is 71.3. The maximum Gasteiger partial charge on any atom is 0.416 e. The Morgan fingerprint density at radius 2 is 1.62 bits per heavy atom. The second-order valence-electron chi connectivity index (χ2n) is 11.3. The van der Waals surface area contributed by atoms with Gasteiger partial charge in [0, 0.05) is 31.3 Å². The third kappa shape index (κ3) is 6.68. The van der Waals surface area contributed by atoms with Crippen LogP contribution in [-0.2, 0) is 27.4 Å². The Labute approximate surface area is 266 Å². The highest BCUT2D eigenvalue weighted by Crippen LogP contribution is 2.40. The van der Waals surface area contributed by atoms with Gasteiger partial charge in [-0.15, -0.1) is 0 Å². The summed E-state index contributed by atoms with van der Waals surface area (Å²) in [5, 5.41) is 50.9. The number of sulfonamides is 1. The van der Waals surface area contributed by atoms with Crippen LogP contribution in [0.25, 0.3) is 21.9 Å². The lowest BCUT2D eigenvalue weighted by Gasteiger charge is -2.36. The van der Waals surface area contributed by atoms with Gasteiger partial charge in [0.1, 0.15) is 12.1 Å². The molecule has 5 rings (SSSR count). The summed E-state index contributed by atoms with van der Waals surface area (Å²) >= 11 is 0. The fraction of sp³-hybridized carbons (Fsp3) is 0.312. The van der Waals surface area contributed by atoms with Crippen LogP contribution in [0.15, 0.2) is 82.6 Å². The van der Waals surface area contributed by atoms with Crippen LogP contribution in [0.5, 0.6) is 0 Å². The number of halogens is 3. The number of pyridine rings is 1. The van der Waals surface area contributed by atoms with Gasteiger partial charge < -0.3 is 25.5 Å². The summed E-state index contributed by atoms with van der Waals surface area (Å²) in [6.45, 7) is -2.39. The Morgan fingerprint density at radius 1 is 0.936 bits per heavy atom. The normalized spacial score (nSPS) is 18.4. The van der Waals surface area contributed by atoms with Crippen LogP contribution < -0.4 is 5.56 Å². The Kier molecular flexibility index (Phi) is 9.59. The zero-order valence-electron chi connectivity index (χ0n) is 24.6. The number of carbonyl (C=O) groups is 1. The summed E-state index contributed by atoms with van der Waals surface area (Å²) in [4.78, 5) is 26.1. The Bertz CT molecular complexity index is 1980. The number of aliphatic hydroxyl groups is 4. The van der Waals surface area contributed by atoms with Crippen LogP contribution in [-0.4, -0.2) is 86.8 Å². The smallest absolute Gasteiger partial charge is 0.416 e. The molecule has 0 fully saturated rings. The standard InChI is InChI=1S/C32H31F3N2O9S/c33-32(34,35)22-9-4-8-20(14-22)28-21(13-19-7-3-6-18-5-1-2-10-23(18)19)15-27(41)37-24(31(43)44)16-36(47(45,46)30(28)37)17-26(40)29(42)25(39)11-12-38/h1-10,14-15,24-26,29,38-40,42H,11-13,16-17H2,(H,43,44)/t24?,25-,26+,29+/m1/s1. The molecular formula is C32H31F3N2O9S. The third-order valence-electron chi connectivity index (χ3n) is 8.19. The summed E-state index contributed by atoms with van der Waals surface area (Å²) in [7, 11) is -4.97. The maximum atomic E-state index is 14.3. The first kappa shape index (κ1) is 34.2. The summed E-state index contributed by atoms with van der Waals surface area (Å²) in [5.41, 5.74) is -2.13. The second kappa shape index (κ2) is 13.2. The van der Waals surface area contributed by atoms with Gasteiger partial charge in [0.15, 0.2) is 5.03 Å². The molecule has 1 aliphatic rings. The number of rotatable bonds is 10. The van der Waals surface area contributed by atoms with Gasteiger partial charge >= 0.3 is 12.1 Å². The van der Waals surface area contributed by atoms with Crippen LogP contribution in [0.4, 0.5) is 13.2 Å². The fourth-order valence-corrected chi connectivity index (χ4v) is 7.78. The molecule has 1 aliphatic heterocycles. The van der Waals surface area contributed by atoms with Crippen LogP contribution in [0.1, 0.15) is 29.2 Å². The predicted molar refractivity (Wildman–Crippen MR) is 163 cm³/mol. The number of aliphatic carboxylic acids is 1. The van der Waals surface area contributed by atoms with E-state index in [1.54, 1.807) is 30.3 Å². The number of aliphatic hydroxyl groups excluding tert-OH is 4. The van der Waals surface area contributed by atoms with E-state index in [-0.39, 0.29) is 29.5 Å². The lowest BCUT2D eigenvalue weighted by atomic mass is 9.93. The van der Waals surface area contributed by atoms with Gasteiger partial charge in [-0.05, 0) is 52.4 Å². The molecule has 2 heterocycles. The van der Waals surface area contributed by atoms with Crippen LogP contribution in [0, 0.1) is 0 Å². The highest BCUT2D eigenvalue weighted by Gasteiger charge is 2.45. The molecule has 15 heteroatoms. The number of carboxylic acids is 1. The van der Waals surface area contributed by atoms with E-state index in [1.807, 2.05) is 12.1 Å². The van der Waals surface area contributed by atoms with E-state index in [1.165, 1.54) is 6.07 Å². The van der Waals surface area contributed by atoms with Crippen LogP contribution in [0.2, 0.25) is 0 Å². The largest absolute Gasteiger partial charge is 0.480 e. The first-order valence-electron chi connectivity index (χ1n) is 14.5. The van der Waals surface area contributed by atoms with Crippen molar-refractivity contribution in [1.82, 2.24) is 8.87 Å². The summed E-state index contributed by atoms with van der Waals surface area (Å²) in [5.74, 6) is -1.64. The number of hydrogen-bond acceptors (Lipinski definition) is 8. The first-order chi connectivity index (χ1) is 22.1. The third-order valence-corrected chi connectivity index (χ3v) is 10.1. The number of β-amino-alcohol motifs (C(OH)–C–C–N with tert-alkyl or cyclic N) is 1. The molecule has 4 aromatic rings. The van der Waals surface area contributed by atoms with E-state index in [0.717, 1.165) is 29.0 Å². The number of aromatic nitrogens is 1. The van der Waals surface area contributed by atoms with Gasteiger partial charge in [0.2, 0.25) is 0 Å². The molecule has 0 radical (unpaired) electrons. The molecule has 0 spiro atoms. The van der Waals surface area contributed by atoms with E-state index < -0.39 is 82.4 Å². The van der Waals surface area contributed by atoms with E-state index in [2.05, 4.69) is 0 Å². The van der Waals surface area contributed by atoms with Gasteiger partial charge in [-0.2, -0.15) is 17.5 Å². The Balaban J connectivity index is 1.78. The molecule has 0 bridgehead atoms. The number of fused-ring (bicyclic) bond motifs is 2. The molecule has 250 valence electrons. The molecule has 1 aromatic heterocycles. The monoisotopic (exact) mass is 676 g/mol. The lowest BCUT2D eigenvalue weighted by molar-refractivity contribution is -0.142. The van der Waals surface area contributed by atoms with Crippen molar-refractivity contribution in [3.8, 4) is 11.1 Å². The average molecular weight is 677 g/mol. The minimum absolute atomic E-state index is 0.00504. The molecule has 4 atom stereocenters. The SMILES string of the molecule is O=C(O)C1CN(C[C@H](O)[C@@H](O)[C@H](O)CCO)S(=O)(=O)c2c(-c3cccc(C(F)(F)F)c3)c(Cc3cccc4ccccc34)cc(=O)n21. The second-order valence-corrected chi connectivity index (χ2v) is 13.1. The topological polar surface area (TPSA) is 178 Å². The zero-order valence-corrected chi connectivity index (χ0v) is 25.4. The predicted octanol–water partition coefficient (Wildman–Crippen LogP) is 2.37. The Morgan fingerprint density at radius 3 is 2.30 bits per heavy atom. The van der Waals surface area contributed by atoms with Gasteiger partial charge in [-0.3, -0.25) is 9.36 Å². The molecule has 3 aromatic carbocycles. The molecule has 11 nitrogen and oxygen atoms in total. The van der Waals surface area contributed by atoms with Crippen molar-refractivity contribution in [2.45, 2.75) is 48.4 Å². The van der Waals surface area contributed by atoms with E-state index in [0.29, 0.717) is 20.5 Å². The molecule has 0 aliphatic carbocycles. The lowest BCUT2D eigenvalue weighted by Crippen LogP contribution is -2.53. The molecule has 0 saturated heterocycles. The first-order valence-corrected chi connectivity index (χ1v) is 15.9. The van der Waals surface area contributed by atoms with Gasteiger partial charge in [0.25, 0.3) is 15.6 Å². The van der Waals surface area contributed by atoms with E-state index in [4.69, 9.17) is 5.11 Å². The van der Waals surface area contributed by atoms with Crippen molar-refractivity contribution in [1.29, 1.82) is 0 Å². The van der Waals surface area contributed by atoms with Crippen molar-refractivity contribution in [2.75, 3.05) is 19.7 Å². The minimum Gasteiger partial charge on any atom is -0.480 e. The molecular weight excluding hydrogens is 645 g/mol. The van der Waals surface area contributed by atoms with Gasteiger partial charge in [-0.1, -0.05) is 54.6 Å². The fourth-order valence-electron chi connectivity index (χ4n) is 5.88. The van der Waals surface area contributed by atoms with E-state index in [9.17, 15) is 51.6 Å². The summed E-state index contributed by atoms with van der Waals surface area (Å²) in [6.07, 6.45) is -10.9. The van der Waals surface area contributed by atoms with Crippen molar-refractivity contribution >= 4 is 26.8 Å². The van der Waals surface area contributed by atoms with Gasteiger partial charge in [0.05, 0.1) is 17.8 Å². The molecule has 0 amide bonds. The van der Waals surface area contributed by atoms with Crippen molar-refractivity contribution in [3.05, 3.63) is 99.8 Å².